The number of benzene rings is 1. The fourth-order valence-electron chi connectivity index (χ4n) is 3.01. The van der Waals surface area contributed by atoms with Crippen LogP contribution in [-0.4, -0.2) is 31.4 Å². The van der Waals surface area contributed by atoms with E-state index in [1.165, 1.54) is 0 Å². The summed E-state index contributed by atoms with van der Waals surface area (Å²) >= 11 is 6.07. The molecule has 0 amide bonds. The van der Waals surface area contributed by atoms with Crippen LogP contribution in [0, 0.1) is 6.92 Å². The van der Waals surface area contributed by atoms with Crippen LogP contribution in [0.1, 0.15) is 38.2 Å². The summed E-state index contributed by atoms with van der Waals surface area (Å²) in [6.45, 7) is 4.10. The minimum absolute atomic E-state index is 0.0400. The molecule has 0 bridgehead atoms. The van der Waals surface area contributed by atoms with Crippen molar-refractivity contribution in [2.45, 2.75) is 56.5 Å². The van der Waals surface area contributed by atoms with Gasteiger partial charge in [0.1, 0.15) is 0 Å². The van der Waals surface area contributed by atoms with Crippen LogP contribution in [-0.2, 0) is 10.0 Å². The van der Waals surface area contributed by atoms with Crippen LogP contribution in [0.3, 0.4) is 0 Å². The third kappa shape index (κ3) is 3.42. The van der Waals surface area contributed by atoms with Gasteiger partial charge in [0.05, 0.1) is 4.90 Å². The number of hydrogen-bond acceptors (Lipinski definition) is 3. The average Bonchev–Trinajstić information content (AvgIpc) is 2.44. The first-order valence-electron chi connectivity index (χ1n) is 7.40. The lowest BCUT2D eigenvalue weighted by atomic mass is 9.92. The molecule has 0 atom stereocenters. The zero-order chi connectivity index (χ0) is 15.6. The van der Waals surface area contributed by atoms with Crippen LogP contribution in [0.25, 0.3) is 0 Å². The number of nitrogens with two attached hydrogens (primary N) is 1. The van der Waals surface area contributed by atoms with Crippen LogP contribution >= 0.6 is 11.6 Å². The SMILES string of the molecule is CCN(C1CCC(N)CC1)S(=O)(=O)c1cccc(Cl)c1C. The molecule has 0 heterocycles. The van der Waals surface area contributed by atoms with Gasteiger partial charge in [-0.1, -0.05) is 24.6 Å². The number of nitrogens with zero attached hydrogens (tertiary/aromatic N) is 1. The van der Waals surface area contributed by atoms with E-state index >= 15 is 0 Å². The predicted octanol–water partition coefficient (Wildman–Crippen LogP) is 2.93. The zero-order valence-corrected chi connectivity index (χ0v) is 14.1. The second-order valence-corrected chi connectivity index (χ2v) is 7.91. The van der Waals surface area contributed by atoms with Crippen molar-refractivity contribution < 1.29 is 8.42 Å². The van der Waals surface area contributed by atoms with Gasteiger partial charge in [-0.25, -0.2) is 8.42 Å². The molecule has 1 aliphatic carbocycles. The van der Waals surface area contributed by atoms with Crippen molar-refractivity contribution in [2.24, 2.45) is 5.73 Å². The first kappa shape index (κ1) is 16.7. The molecule has 6 heteroatoms. The standard InChI is InChI=1S/C15H23ClN2O2S/c1-3-18(13-9-7-12(17)8-10-13)21(19,20)15-6-4-5-14(16)11(15)2/h4-6,12-13H,3,7-10,17H2,1-2H3. The molecule has 0 spiro atoms. The number of sulfonamides is 1. The molecule has 1 aromatic carbocycles. The van der Waals surface area contributed by atoms with Gasteiger partial charge >= 0.3 is 0 Å². The first-order valence-corrected chi connectivity index (χ1v) is 9.22. The molecule has 0 aromatic heterocycles. The molecule has 2 rings (SSSR count). The maximum Gasteiger partial charge on any atom is 0.243 e. The van der Waals surface area contributed by atoms with Gasteiger partial charge in [-0.3, -0.25) is 0 Å². The van der Waals surface area contributed by atoms with Crippen molar-refractivity contribution in [3.05, 3.63) is 28.8 Å². The molecular weight excluding hydrogens is 308 g/mol. The molecule has 1 aromatic rings. The Morgan fingerprint density at radius 3 is 2.48 bits per heavy atom. The highest BCUT2D eigenvalue weighted by Gasteiger charge is 2.33. The lowest BCUT2D eigenvalue weighted by molar-refractivity contribution is 0.247. The summed E-state index contributed by atoms with van der Waals surface area (Å²) < 4.78 is 27.5. The Morgan fingerprint density at radius 1 is 1.29 bits per heavy atom. The Bertz CT molecular complexity index is 596. The maximum atomic E-state index is 13.0. The molecule has 1 aliphatic rings. The fourth-order valence-corrected chi connectivity index (χ4v) is 5.18. The van der Waals surface area contributed by atoms with E-state index in [1.54, 1.807) is 29.4 Å². The summed E-state index contributed by atoms with van der Waals surface area (Å²) in [5, 5.41) is 0.484. The van der Waals surface area contributed by atoms with Gasteiger partial charge in [0, 0.05) is 23.7 Å². The summed E-state index contributed by atoms with van der Waals surface area (Å²) in [5.41, 5.74) is 6.53. The summed E-state index contributed by atoms with van der Waals surface area (Å²) in [4.78, 5) is 0.312. The van der Waals surface area contributed by atoms with E-state index in [4.69, 9.17) is 17.3 Å². The smallest absolute Gasteiger partial charge is 0.243 e. The van der Waals surface area contributed by atoms with E-state index in [1.807, 2.05) is 6.92 Å². The molecule has 1 saturated carbocycles. The van der Waals surface area contributed by atoms with Crippen molar-refractivity contribution >= 4 is 21.6 Å². The minimum Gasteiger partial charge on any atom is -0.328 e. The van der Waals surface area contributed by atoms with E-state index in [-0.39, 0.29) is 12.1 Å². The number of hydrogen-bond donors (Lipinski definition) is 1. The topological polar surface area (TPSA) is 63.4 Å². The lowest BCUT2D eigenvalue weighted by Crippen LogP contribution is -2.44. The van der Waals surface area contributed by atoms with Crippen LogP contribution in [0.4, 0.5) is 0 Å². The Balaban J connectivity index is 2.34. The summed E-state index contributed by atoms with van der Waals surface area (Å²) in [6, 6.07) is 5.28. The van der Waals surface area contributed by atoms with Crippen LogP contribution in [0.2, 0.25) is 5.02 Å². The van der Waals surface area contributed by atoms with Gasteiger partial charge in [0.25, 0.3) is 0 Å². The first-order chi connectivity index (χ1) is 9.87. The fraction of sp³-hybridized carbons (Fsp3) is 0.600. The monoisotopic (exact) mass is 330 g/mol. The minimum atomic E-state index is -3.51. The number of halogens is 1. The molecule has 0 radical (unpaired) electrons. The Morgan fingerprint density at radius 2 is 1.90 bits per heavy atom. The third-order valence-corrected chi connectivity index (χ3v) is 6.85. The molecule has 2 N–H and O–H groups in total. The van der Waals surface area contributed by atoms with E-state index in [0.29, 0.717) is 22.0 Å². The van der Waals surface area contributed by atoms with Crippen molar-refractivity contribution in [1.82, 2.24) is 4.31 Å². The highest BCUT2D eigenvalue weighted by atomic mass is 35.5. The molecule has 4 nitrogen and oxygen atoms in total. The Hall–Kier alpha value is -0.620. The van der Waals surface area contributed by atoms with Gasteiger partial charge in [0.2, 0.25) is 10.0 Å². The highest BCUT2D eigenvalue weighted by molar-refractivity contribution is 7.89. The second-order valence-electron chi connectivity index (χ2n) is 5.64. The van der Waals surface area contributed by atoms with Gasteiger partial charge in [-0.15, -0.1) is 0 Å². The van der Waals surface area contributed by atoms with Crippen molar-refractivity contribution in [3.8, 4) is 0 Å². The molecule has 0 aliphatic heterocycles. The van der Waals surface area contributed by atoms with Crippen molar-refractivity contribution in [2.75, 3.05) is 6.54 Å². The largest absolute Gasteiger partial charge is 0.328 e. The lowest BCUT2D eigenvalue weighted by Gasteiger charge is -2.34. The molecule has 0 unspecified atom stereocenters. The summed E-state index contributed by atoms with van der Waals surface area (Å²) in [5.74, 6) is 0. The Labute approximate surface area is 132 Å². The number of rotatable bonds is 4. The van der Waals surface area contributed by atoms with E-state index in [9.17, 15) is 8.42 Å². The summed E-state index contributed by atoms with van der Waals surface area (Å²) in [7, 11) is -3.51. The van der Waals surface area contributed by atoms with Gasteiger partial charge in [-0.05, 0) is 50.3 Å². The zero-order valence-electron chi connectivity index (χ0n) is 12.5. The molecule has 118 valence electrons. The normalized spacial score (nSPS) is 23.5. The van der Waals surface area contributed by atoms with Gasteiger partial charge < -0.3 is 5.73 Å². The van der Waals surface area contributed by atoms with Crippen molar-refractivity contribution in [1.29, 1.82) is 0 Å². The molecule has 21 heavy (non-hydrogen) atoms. The van der Waals surface area contributed by atoms with Crippen LogP contribution < -0.4 is 5.73 Å². The van der Waals surface area contributed by atoms with Gasteiger partial charge in [-0.2, -0.15) is 4.31 Å². The quantitative estimate of drug-likeness (QED) is 0.923. The van der Waals surface area contributed by atoms with Crippen LogP contribution in [0.5, 0.6) is 0 Å². The second kappa shape index (κ2) is 6.65. The van der Waals surface area contributed by atoms with Crippen molar-refractivity contribution in [3.63, 3.8) is 0 Å². The van der Waals surface area contributed by atoms with E-state index in [0.717, 1.165) is 25.7 Å². The molecule has 0 saturated heterocycles. The average molecular weight is 331 g/mol. The van der Waals surface area contributed by atoms with Gasteiger partial charge in [0.15, 0.2) is 0 Å². The maximum absolute atomic E-state index is 13.0. The molecule has 1 fully saturated rings. The van der Waals surface area contributed by atoms with E-state index in [2.05, 4.69) is 0 Å². The Kier molecular flexibility index (Phi) is 5.30. The van der Waals surface area contributed by atoms with E-state index < -0.39 is 10.0 Å². The predicted molar refractivity (Wildman–Crippen MR) is 86.0 cm³/mol. The van der Waals surface area contributed by atoms with Crippen LogP contribution in [0.15, 0.2) is 23.1 Å². The molecular formula is C15H23ClN2O2S. The highest BCUT2D eigenvalue weighted by Crippen LogP contribution is 2.30. The third-order valence-electron chi connectivity index (χ3n) is 4.26. The summed E-state index contributed by atoms with van der Waals surface area (Å²) in [6.07, 6.45) is 3.41.